The first-order chi connectivity index (χ1) is 6.20. The molecule has 3 heteroatoms. The third kappa shape index (κ3) is 1.72. The zero-order valence-corrected chi connectivity index (χ0v) is 9.71. The smallest absolute Gasteiger partial charge is 0.101 e. The second-order valence-electron chi connectivity index (χ2n) is 3.62. The number of hydrogen-bond acceptors (Lipinski definition) is 2. The Hall–Kier alpha value is -0.160. The minimum atomic E-state index is 0.296. The third-order valence-electron chi connectivity index (χ3n) is 2.65. The molecule has 0 saturated heterocycles. The summed E-state index contributed by atoms with van der Waals surface area (Å²) in [5.41, 5.74) is 3.88. The van der Waals surface area contributed by atoms with Crippen molar-refractivity contribution >= 4 is 22.6 Å². The normalized spacial score (nSPS) is 20.4. The van der Waals surface area contributed by atoms with Crippen molar-refractivity contribution in [2.24, 2.45) is 5.92 Å². The summed E-state index contributed by atoms with van der Waals surface area (Å²) < 4.78 is 1.06. The van der Waals surface area contributed by atoms with E-state index in [0.717, 1.165) is 22.2 Å². The molecule has 0 saturated carbocycles. The molecule has 1 aliphatic rings. The van der Waals surface area contributed by atoms with E-state index in [2.05, 4.69) is 40.6 Å². The summed E-state index contributed by atoms with van der Waals surface area (Å²) in [7, 11) is 0. The van der Waals surface area contributed by atoms with Crippen molar-refractivity contribution < 1.29 is 5.11 Å². The first-order valence-corrected chi connectivity index (χ1v) is 5.54. The molecule has 0 fully saturated rings. The van der Waals surface area contributed by atoms with Gasteiger partial charge in [0.15, 0.2) is 0 Å². The summed E-state index contributed by atoms with van der Waals surface area (Å²) in [6, 6.07) is 2.14. The zero-order chi connectivity index (χ0) is 9.42. The van der Waals surface area contributed by atoms with Gasteiger partial charge in [-0.05, 0) is 65.5 Å². The van der Waals surface area contributed by atoms with E-state index in [1.165, 1.54) is 11.1 Å². The highest BCUT2D eigenvalue weighted by molar-refractivity contribution is 14.1. The van der Waals surface area contributed by atoms with Crippen LogP contribution < -0.4 is 0 Å². The Morgan fingerprint density at radius 3 is 3.08 bits per heavy atom. The lowest BCUT2D eigenvalue weighted by Crippen LogP contribution is -2.04. The van der Waals surface area contributed by atoms with E-state index in [1.54, 1.807) is 0 Å². The largest absolute Gasteiger partial charge is 0.396 e. The molecule has 13 heavy (non-hydrogen) atoms. The molecule has 0 aliphatic heterocycles. The van der Waals surface area contributed by atoms with Gasteiger partial charge in [-0.2, -0.15) is 0 Å². The van der Waals surface area contributed by atoms with Crippen molar-refractivity contribution in [3.8, 4) is 0 Å². The third-order valence-corrected chi connectivity index (χ3v) is 3.20. The topological polar surface area (TPSA) is 33.1 Å². The van der Waals surface area contributed by atoms with Gasteiger partial charge in [-0.3, -0.25) is 0 Å². The lowest BCUT2D eigenvalue weighted by atomic mass is 10.1. The van der Waals surface area contributed by atoms with Crippen LogP contribution >= 0.6 is 22.6 Å². The summed E-state index contributed by atoms with van der Waals surface area (Å²) in [6.07, 6.45) is 2.02. The molecule has 2 rings (SSSR count). The molecule has 1 N–H and O–H groups in total. The fourth-order valence-corrected chi connectivity index (χ4v) is 2.72. The molecule has 2 nitrogen and oxygen atoms in total. The minimum absolute atomic E-state index is 0.296. The van der Waals surface area contributed by atoms with Crippen LogP contribution in [0.15, 0.2) is 6.07 Å². The number of aliphatic hydroxyl groups is 1. The van der Waals surface area contributed by atoms with Crippen molar-refractivity contribution in [2.45, 2.75) is 19.8 Å². The second kappa shape index (κ2) is 3.53. The van der Waals surface area contributed by atoms with E-state index in [0.29, 0.717) is 12.5 Å². The maximum atomic E-state index is 9.08. The summed E-state index contributed by atoms with van der Waals surface area (Å²) >= 11 is 2.24. The SMILES string of the molecule is Cc1nc(I)cc2c1CC(CO)C2. The van der Waals surface area contributed by atoms with E-state index < -0.39 is 0 Å². The van der Waals surface area contributed by atoms with Gasteiger partial charge >= 0.3 is 0 Å². The second-order valence-corrected chi connectivity index (χ2v) is 4.73. The van der Waals surface area contributed by atoms with Crippen LogP contribution in [-0.2, 0) is 12.8 Å². The Morgan fingerprint density at radius 1 is 1.62 bits per heavy atom. The van der Waals surface area contributed by atoms with E-state index in [1.807, 2.05) is 0 Å². The highest BCUT2D eigenvalue weighted by Gasteiger charge is 2.23. The maximum Gasteiger partial charge on any atom is 0.101 e. The summed E-state index contributed by atoms with van der Waals surface area (Å²) in [6.45, 7) is 2.35. The predicted molar refractivity (Wildman–Crippen MR) is 59.7 cm³/mol. The van der Waals surface area contributed by atoms with Gasteiger partial charge in [-0.15, -0.1) is 0 Å². The van der Waals surface area contributed by atoms with Crippen molar-refractivity contribution in [1.29, 1.82) is 0 Å². The van der Waals surface area contributed by atoms with Crippen LogP contribution in [-0.4, -0.2) is 16.7 Å². The number of aryl methyl sites for hydroxylation is 1. The number of aromatic nitrogens is 1. The Balaban J connectivity index is 2.40. The highest BCUT2D eigenvalue weighted by atomic mass is 127. The quantitative estimate of drug-likeness (QED) is 0.630. The van der Waals surface area contributed by atoms with Gasteiger partial charge in [0.1, 0.15) is 3.70 Å². The van der Waals surface area contributed by atoms with Crippen LogP contribution in [0.3, 0.4) is 0 Å². The van der Waals surface area contributed by atoms with Crippen LogP contribution in [0.4, 0.5) is 0 Å². The Kier molecular flexibility index (Phi) is 2.55. The average Bonchev–Trinajstić information content (AvgIpc) is 2.47. The van der Waals surface area contributed by atoms with Crippen molar-refractivity contribution in [1.82, 2.24) is 4.98 Å². The van der Waals surface area contributed by atoms with E-state index in [4.69, 9.17) is 5.11 Å². The molecule has 0 radical (unpaired) electrons. The van der Waals surface area contributed by atoms with E-state index in [-0.39, 0.29) is 0 Å². The fourth-order valence-electron chi connectivity index (χ4n) is 1.99. The van der Waals surface area contributed by atoms with Crippen LogP contribution in [0.25, 0.3) is 0 Å². The summed E-state index contributed by atoms with van der Waals surface area (Å²) in [5, 5.41) is 9.08. The number of pyridine rings is 1. The van der Waals surface area contributed by atoms with Crippen molar-refractivity contribution in [2.75, 3.05) is 6.61 Å². The van der Waals surface area contributed by atoms with E-state index in [9.17, 15) is 0 Å². The molecule has 1 atom stereocenters. The Bertz CT molecular complexity index is 338. The fraction of sp³-hybridized carbons (Fsp3) is 0.500. The number of nitrogens with zero attached hydrogens (tertiary/aromatic N) is 1. The Morgan fingerprint density at radius 2 is 2.38 bits per heavy atom. The van der Waals surface area contributed by atoms with Crippen LogP contribution in [0.2, 0.25) is 0 Å². The molecule has 1 aliphatic carbocycles. The average molecular weight is 289 g/mol. The predicted octanol–water partition coefficient (Wildman–Crippen LogP) is 1.70. The standard InChI is InChI=1S/C10H12INO/c1-6-9-3-7(5-13)2-8(9)4-10(11)12-6/h4,7,13H,2-3,5H2,1H3. The number of halogens is 1. The lowest BCUT2D eigenvalue weighted by molar-refractivity contribution is 0.232. The van der Waals surface area contributed by atoms with Crippen molar-refractivity contribution in [3.63, 3.8) is 0 Å². The van der Waals surface area contributed by atoms with Gasteiger partial charge < -0.3 is 5.11 Å². The Labute approximate surface area is 91.5 Å². The van der Waals surface area contributed by atoms with Gasteiger partial charge in [0.25, 0.3) is 0 Å². The molecule has 1 heterocycles. The number of rotatable bonds is 1. The van der Waals surface area contributed by atoms with Crippen molar-refractivity contribution in [3.05, 3.63) is 26.6 Å². The molecular formula is C10H12INO. The van der Waals surface area contributed by atoms with E-state index >= 15 is 0 Å². The first kappa shape index (κ1) is 9.40. The van der Waals surface area contributed by atoms with Crippen LogP contribution in [0.5, 0.6) is 0 Å². The summed E-state index contributed by atoms with van der Waals surface area (Å²) in [4.78, 5) is 4.42. The molecule has 1 unspecified atom stereocenters. The van der Waals surface area contributed by atoms with Gasteiger partial charge in [-0.25, -0.2) is 4.98 Å². The highest BCUT2D eigenvalue weighted by Crippen LogP contribution is 2.29. The lowest BCUT2D eigenvalue weighted by Gasteiger charge is -2.02. The van der Waals surface area contributed by atoms with Gasteiger partial charge in [0.05, 0.1) is 0 Å². The molecule has 0 bridgehead atoms. The number of aliphatic hydroxyl groups excluding tert-OH is 1. The molecule has 1 aromatic rings. The molecule has 70 valence electrons. The van der Waals surface area contributed by atoms with Gasteiger partial charge in [-0.1, -0.05) is 0 Å². The monoisotopic (exact) mass is 289 g/mol. The first-order valence-electron chi connectivity index (χ1n) is 4.46. The minimum Gasteiger partial charge on any atom is -0.396 e. The molecular weight excluding hydrogens is 277 g/mol. The summed E-state index contributed by atoms with van der Waals surface area (Å²) in [5.74, 6) is 0.425. The van der Waals surface area contributed by atoms with Crippen LogP contribution in [0, 0.1) is 16.5 Å². The van der Waals surface area contributed by atoms with Gasteiger partial charge in [0.2, 0.25) is 0 Å². The zero-order valence-electron chi connectivity index (χ0n) is 7.55. The van der Waals surface area contributed by atoms with Gasteiger partial charge in [0, 0.05) is 12.3 Å². The number of hydrogen-bond donors (Lipinski definition) is 1. The molecule has 0 amide bonds. The molecule has 0 aromatic carbocycles. The maximum absolute atomic E-state index is 9.08. The molecule has 1 aromatic heterocycles. The molecule has 0 spiro atoms. The number of fused-ring (bicyclic) bond motifs is 1. The van der Waals surface area contributed by atoms with Crippen LogP contribution in [0.1, 0.15) is 16.8 Å².